The smallest absolute Gasteiger partial charge is 0.407 e. The van der Waals surface area contributed by atoms with Gasteiger partial charge in [-0.15, -0.1) is 10.2 Å². The summed E-state index contributed by atoms with van der Waals surface area (Å²) in [5, 5.41) is 26.0. The number of ether oxygens (including phenoxy) is 1. The first-order valence-electron chi connectivity index (χ1n) is 9.50. The summed E-state index contributed by atoms with van der Waals surface area (Å²) in [7, 11) is 3.47. The van der Waals surface area contributed by atoms with E-state index in [9.17, 15) is 4.79 Å². The lowest BCUT2D eigenvalue weighted by atomic mass is 10.1. The SMILES string of the molecule is COc1cc(-c2cnn(C)c2)cn2ncc(C#Cc3nnc4n3CCN(C(=O)O)C4)c12. The third-order valence-corrected chi connectivity index (χ3v) is 5.17. The molecule has 1 amide bonds. The highest BCUT2D eigenvalue weighted by Gasteiger charge is 2.23. The molecule has 5 rings (SSSR count). The Bertz CT molecular complexity index is 1370. The second-order valence-corrected chi connectivity index (χ2v) is 7.10. The molecule has 0 saturated carbocycles. The normalized spacial score (nSPS) is 13.0. The van der Waals surface area contributed by atoms with Crippen molar-refractivity contribution >= 4 is 11.6 Å². The van der Waals surface area contributed by atoms with Crippen molar-refractivity contribution in [3.63, 3.8) is 0 Å². The Kier molecular flexibility index (Phi) is 4.32. The van der Waals surface area contributed by atoms with E-state index >= 15 is 0 Å². The van der Waals surface area contributed by atoms with Gasteiger partial charge >= 0.3 is 6.09 Å². The molecule has 156 valence electrons. The number of aryl methyl sites for hydroxylation is 1. The monoisotopic (exact) mass is 418 g/mol. The lowest BCUT2D eigenvalue weighted by Gasteiger charge is -2.24. The molecule has 5 heterocycles. The molecule has 0 aliphatic carbocycles. The van der Waals surface area contributed by atoms with Crippen LogP contribution in [-0.2, 0) is 20.1 Å². The third-order valence-electron chi connectivity index (χ3n) is 5.17. The van der Waals surface area contributed by atoms with Crippen LogP contribution in [0.5, 0.6) is 5.75 Å². The van der Waals surface area contributed by atoms with Gasteiger partial charge in [0, 0.05) is 43.7 Å². The van der Waals surface area contributed by atoms with Gasteiger partial charge in [0.15, 0.2) is 5.82 Å². The third kappa shape index (κ3) is 3.24. The van der Waals surface area contributed by atoms with E-state index in [0.29, 0.717) is 36.1 Å². The van der Waals surface area contributed by atoms with Gasteiger partial charge in [-0.25, -0.2) is 9.31 Å². The predicted octanol–water partition coefficient (Wildman–Crippen LogP) is 1.23. The number of aromatic nitrogens is 7. The molecule has 1 aliphatic rings. The second-order valence-electron chi connectivity index (χ2n) is 7.10. The molecule has 0 atom stereocenters. The van der Waals surface area contributed by atoms with Crippen molar-refractivity contribution in [2.75, 3.05) is 13.7 Å². The van der Waals surface area contributed by atoms with E-state index in [4.69, 9.17) is 9.84 Å². The zero-order valence-corrected chi connectivity index (χ0v) is 16.8. The molecule has 31 heavy (non-hydrogen) atoms. The summed E-state index contributed by atoms with van der Waals surface area (Å²) in [6.07, 6.45) is 6.32. The molecule has 0 bridgehead atoms. The molecule has 0 fully saturated rings. The number of pyridine rings is 1. The van der Waals surface area contributed by atoms with Crippen LogP contribution in [0.25, 0.3) is 16.6 Å². The number of rotatable bonds is 2. The molecule has 0 saturated heterocycles. The van der Waals surface area contributed by atoms with Crippen LogP contribution in [0.3, 0.4) is 0 Å². The second kappa shape index (κ2) is 7.17. The molecule has 0 spiro atoms. The number of amides is 1. The fourth-order valence-electron chi connectivity index (χ4n) is 3.60. The van der Waals surface area contributed by atoms with E-state index in [0.717, 1.165) is 16.6 Å². The van der Waals surface area contributed by atoms with E-state index in [2.05, 4.69) is 32.2 Å². The maximum absolute atomic E-state index is 11.2. The van der Waals surface area contributed by atoms with Gasteiger partial charge in [0.1, 0.15) is 11.3 Å². The van der Waals surface area contributed by atoms with Gasteiger partial charge in [-0.3, -0.25) is 9.58 Å². The minimum absolute atomic E-state index is 0.200. The van der Waals surface area contributed by atoms with Gasteiger partial charge in [-0.05, 0) is 12.0 Å². The van der Waals surface area contributed by atoms with Crippen LogP contribution in [-0.4, -0.2) is 63.9 Å². The number of fused-ring (bicyclic) bond motifs is 2. The Morgan fingerprint density at radius 2 is 2.00 bits per heavy atom. The molecule has 11 heteroatoms. The Morgan fingerprint density at radius 3 is 2.74 bits per heavy atom. The minimum atomic E-state index is -0.967. The number of hydrogen-bond donors (Lipinski definition) is 1. The highest BCUT2D eigenvalue weighted by molar-refractivity contribution is 5.75. The maximum Gasteiger partial charge on any atom is 0.407 e. The van der Waals surface area contributed by atoms with Crippen LogP contribution in [0, 0.1) is 11.8 Å². The summed E-state index contributed by atoms with van der Waals surface area (Å²) >= 11 is 0. The van der Waals surface area contributed by atoms with E-state index < -0.39 is 6.09 Å². The number of nitrogens with zero attached hydrogens (tertiary/aromatic N) is 8. The molecule has 1 aliphatic heterocycles. The zero-order chi connectivity index (χ0) is 21.5. The predicted molar refractivity (Wildman–Crippen MR) is 108 cm³/mol. The summed E-state index contributed by atoms with van der Waals surface area (Å²) in [5.74, 6) is 7.87. The van der Waals surface area contributed by atoms with Crippen LogP contribution >= 0.6 is 0 Å². The molecule has 4 aromatic heterocycles. The average Bonchev–Trinajstić information content (AvgIpc) is 3.49. The lowest BCUT2D eigenvalue weighted by Crippen LogP contribution is -2.37. The number of carboxylic acid groups (broad SMARTS) is 1. The summed E-state index contributed by atoms with van der Waals surface area (Å²) in [6.45, 7) is 1.04. The molecular formula is C20H18N8O3. The lowest BCUT2D eigenvalue weighted by molar-refractivity contribution is 0.131. The van der Waals surface area contributed by atoms with Crippen LogP contribution in [0.2, 0.25) is 0 Å². The fraction of sp³-hybridized carbons (Fsp3) is 0.250. The molecule has 11 nitrogen and oxygen atoms in total. The topological polar surface area (TPSA) is 116 Å². The van der Waals surface area contributed by atoms with Crippen LogP contribution < -0.4 is 4.74 Å². The molecule has 1 N–H and O–H groups in total. The van der Waals surface area contributed by atoms with E-state index in [1.54, 1.807) is 28.7 Å². The van der Waals surface area contributed by atoms with Gasteiger partial charge in [0.05, 0.1) is 31.6 Å². The Labute approximate surface area is 176 Å². The summed E-state index contributed by atoms with van der Waals surface area (Å²) in [4.78, 5) is 12.5. The van der Waals surface area contributed by atoms with Crippen molar-refractivity contribution in [1.82, 2.24) is 39.1 Å². The molecule has 0 aromatic carbocycles. The van der Waals surface area contributed by atoms with E-state index in [1.165, 1.54) is 4.90 Å². The van der Waals surface area contributed by atoms with Crippen LogP contribution in [0.1, 0.15) is 17.2 Å². The quantitative estimate of drug-likeness (QED) is 0.487. The van der Waals surface area contributed by atoms with Crippen molar-refractivity contribution in [1.29, 1.82) is 0 Å². The summed E-state index contributed by atoms with van der Waals surface area (Å²) in [6, 6.07) is 1.93. The molecule has 4 aromatic rings. The van der Waals surface area contributed by atoms with Crippen molar-refractivity contribution in [2.45, 2.75) is 13.1 Å². The average molecular weight is 418 g/mol. The Morgan fingerprint density at radius 1 is 1.13 bits per heavy atom. The van der Waals surface area contributed by atoms with Crippen molar-refractivity contribution < 1.29 is 14.6 Å². The van der Waals surface area contributed by atoms with E-state index in [1.807, 2.05) is 30.1 Å². The minimum Gasteiger partial charge on any atom is -0.494 e. The first-order chi connectivity index (χ1) is 15.0. The molecular weight excluding hydrogens is 400 g/mol. The van der Waals surface area contributed by atoms with Gasteiger partial charge < -0.3 is 14.4 Å². The van der Waals surface area contributed by atoms with Crippen LogP contribution in [0.4, 0.5) is 4.79 Å². The van der Waals surface area contributed by atoms with Gasteiger partial charge in [0.25, 0.3) is 0 Å². The van der Waals surface area contributed by atoms with Gasteiger partial charge in [-0.2, -0.15) is 10.2 Å². The van der Waals surface area contributed by atoms with Crippen molar-refractivity contribution in [3.8, 4) is 28.7 Å². The van der Waals surface area contributed by atoms with Gasteiger partial charge in [0.2, 0.25) is 5.82 Å². The zero-order valence-electron chi connectivity index (χ0n) is 16.8. The standard InChI is InChI=1S/C20H18N8O3/c1-25-10-15(9-21-25)14-7-16(31-2)19-13(8-22-28(19)11-14)3-4-17-23-24-18-12-26(20(29)30)5-6-27(17)18/h7-11H,5-6,12H2,1-2H3,(H,29,30). The summed E-state index contributed by atoms with van der Waals surface area (Å²) in [5.41, 5.74) is 3.32. The first kappa shape index (κ1) is 18.7. The van der Waals surface area contributed by atoms with E-state index in [-0.39, 0.29) is 6.54 Å². The summed E-state index contributed by atoms with van der Waals surface area (Å²) < 4.78 is 10.9. The highest BCUT2D eigenvalue weighted by atomic mass is 16.5. The van der Waals surface area contributed by atoms with Crippen molar-refractivity contribution in [3.05, 3.63) is 48.1 Å². The Hall–Kier alpha value is -4.33. The molecule has 0 radical (unpaired) electrons. The highest BCUT2D eigenvalue weighted by Crippen LogP contribution is 2.29. The van der Waals surface area contributed by atoms with Crippen LogP contribution in [0.15, 0.2) is 30.9 Å². The van der Waals surface area contributed by atoms with Gasteiger partial charge in [-0.1, -0.05) is 5.92 Å². The number of methoxy groups -OCH3 is 1. The maximum atomic E-state index is 11.2. The largest absolute Gasteiger partial charge is 0.494 e. The Balaban J connectivity index is 1.51. The van der Waals surface area contributed by atoms with Crippen molar-refractivity contribution in [2.24, 2.45) is 7.05 Å². The fourth-order valence-corrected chi connectivity index (χ4v) is 3.60. The number of carbonyl (C=O) groups is 1. The molecule has 0 unspecified atom stereocenters. The first-order valence-corrected chi connectivity index (χ1v) is 9.50. The number of hydrogen-bond acceptors (Lipinski definition) is 6.